The van der Waals surface area contributed by atoms with Crippen LogP contribution in [-0.2, 0) is 12.1 Å². The minimum atomic E-state index is -2.91. The summed E-state index contributed by atoms with van der Waals surface area (Å²) in [7, 11) is 0. The van der Waals surface area contributed by atoms with Crippen LogP contribution in [0.5, 0.6) is 11.5 Å². The maximum atomic E-state index is 13.1. The predicted octanol–water partition coefficient (Wildman–Crippen LogP) is 4.30. The molecule has 1 saturated heterocycles. The van der Waals surface area contributed by atoms with Gasteiger partial charge in [0.25, 0.3) is 5.84 Å². The summed E-state index contributed by atoms with van der Waals surface area (Å²) in [6, 6.07) is 10.9. The minimum Gasteiger partial charge on any atom is -0.472 e. The Hall–Kier alpha value is -3.43. The smallest absolute Gasteiger partial charge is 0.387 e. The third-order valence-corrected chi connectivity index (χ3v) is 6.36. The van der Waals surface area contributed by atoms with Crippen LogP contribution in [0.2, 0.25) is 0 Å². The second-order valence-corrected chi connectivity index (χ2v) is 9.06. The van der Waals surface area contributed by atoms with E-state index in [2.05, 4.69) is 9.97 Å². The zero-order valence-electron chi connectivity index (χ0n) is 18.0. The van der Waals surface area contributed by atoms with E-state index in [1.54, 1.807) is 38.4 Å². The van der Waals surface area contributed by atoms with Crippen molar-refractivity contribution in [2.24, 2.45) is 4.99 Å². The second kappa shape index (κ2) is 6.79. The molecular weight excluding hydrogens is 430 g/mol. The van der Waals surface area contributed by atoms with E-state index in [1.807, 2.05) is 24.3 Å². The first-order chi connectivity index (χ1) is 15.7. The fourth-order valence-corrected chi connectivity index (χ4v) is 4.89. The number of halogens is 2. The standard InChI is InChI=1S/C24H21F2N4O3/c1-24(2,31)22-27-9-15(10-28-22)13-6-7-17-14(8-13)11-30-12-19(32-17)21(30)29-16-4-3-5-18(20(16)30)33-23(25)26/h3-10,19,23,31H,11-12H2,1-2H3/q+1/t19-,30-/m1/s1. The van der Waals surface area contributed by atoms with Crippen LogP contribution >= 0.6 is 0 Å². The number of ether oxygens (including phenoxy) is 2. The number of benzene rings is 2. The van der Waals surface area contributed by atoms with Crippen molar-refractivity contribution in [3.05, 3.63) is 60.2 Å². The van der Waals surface area contributed by atoms with Gasteiger partial charge in [-0.15, -0.1) is 0 Å². The number of para-hydroxylation sites is 1. The normalized spacial score (nSPS) is 22.4. The molecule has 0 amide bonds. The van der Waals surface area contributed by atoms with Gasteiger partial charge in [0.15, 0.2) is 11.6 Å². The quantitative estimate of drug-likeness (QED) is 0.599. The van der Waals surface area contributed by atoms with Crippen molar-refractivity contribution in [2.75, 3.05) is 6.54 Å². The SMILES string of the molecule is CC(C)(O)c1ncc(-c2ccc3c(c2)C[N@+]24C[C@@H](O3)C2=Nc2cccc(OC(F)F)c24)cn1. The van der Waals surface area contributed by atoms with Crippen molar-refractivity contribution in [3.8, 4) is 22.6 Å². The van der Waals surface area contributed by atoms with Crippen LogP contribution in [0.1, 0.15) is 25.2 Å². The summed E-state index contributed by atoms with van der Waals surface area (Å²) in [5.74, 6) is 2.05. The molecule has 1 N–H and O–H groups in total. The van der Waals surface area contributed by atoms with Crippen molar-refractivity contribution in [1.82, 2.24) is 14.5 Å². The van der Waals surface area contributed by atoms with Crippen molar-refractivity contribution in [2.45, 2.75) is 38.7 Å². The van der Waals surface area contributed by atoms with Gasteiger partial charge in [0.2, 0.25) is 11.8 Å². The molecule has 2 atom stereocenters. The average Bonchev–Trinajstić information content (AvgIpc) is 2.87. The monoisotopic (exact) mass is 451 g/mol. The lowest BCUT2D eigenvalue weighted by Gasteiger charge is -2.43. The molecule has 1 spiro atoms. The zero-order chi connectivity index (χ0) is 23.0. The van der Waals surface area contributed by atoms with Crippen LogP contribution in [0.15, 0.2) is 53.8 Å². The molecule has 3 aromatic rings. The summed E-state index contributed by atoms with van der Waals surface area (Å²) in [5.41, 5.74) is 2.81. The first-order valence-electron chi connectivity index (χ1n) is 10.6. The Bertz CT molecular complexity index is 1300. The van der Waals surface area contributed by atoms with Crippen LogP contribution < -0.4 is 14.0 Å². The fourth-order valence-electron chi connectivity index (χ4n) is 4.89. The molecule has 0 radical (unpaired) electrons. The van der Waals surface area contributed by atoms with Crippen molar-refractivity contribution >= 4 is 17.2 Å². The molecule has 2 aromatic carbocycles. The molecule has 7 nitrogen and oxygen atoms in total. The molecule has 6 rings (SSSR count). The lowest BCUT2D eigenvalue weighted by Crippen LogP contribution is -2.71. The number of rotatable bonds is 4. The van der Waals surface area contributed by atoms with E-state index >= 15 is 0 Å². The maximum absolute atomic E-state index is 13.1. The van der Waals surface area contributed by atoms with E-state index in [0.717, 1.165) is 28.3 Å². The summed E-state index contributed by atoms with van der Waals surface area (Å²) in [5, 5.41) is 10.1. The first-order valence-corrected chi connectivity index (χ1v) is 10.6. The number of alkyl halides is 2. The third-order valence-electron chi connectivity index (χ3n) is 6.36. The Kier molecular flexibility index (Phi) is 4.15. The highest BCUT2D eigenvalue weighted by Crippen LogP contribution is 2.55. The molecule has 2 bridgehead atoms. The van der Waals surface area contributed by atoms with E-state index in [1.165, 1.54) is 0 Å². The molecule has 168 valence electrons. The summed E-state index contributed by atoms with van der Waals surface area (Å²) in [4.78, 5) is 13.3. The Morgan fingerprint density at radius 2 is 1.94 bits per heavy atom. The molecule has 4 heterocycles. The summed E-state index contributed by atoms with van der Waals surface area (Å²) < 4.78 is 37.6. The van der Waals surface area contributed by atoms with Gasteiger partial charge < -0.3 is 14.6 Å². The lowest BCUT2D eigenvalue weighted by molar-refractivity contribution is -0.0503. The van der Waals surface area contributed by atoms with Gasteiger partial charge in [-0.25, -0.2) is 14.5 Å². The number of fused-ring (bicyclic) bond motifs is 4. The van der Waals surface area contributed by atoms with Gasteiger partial charge in [-0.2, -0.15) is 13.8 Å². The molecule has 1 aromatic heterocycles. The van der Waals surface area contributed by atoms with Gasteiger partial charge in [-0.1, -0.05) is 12.1 Å². The molecule has 0 unspecified atom stereocenters. The van der Waals surface area contributed by atoms with Crippen LogP contribution in [0.25, 0.3) is 11.1 Å². The van der Waals surface area contributed by atoms with E-state index in [0.29, 0.717) is 34.8 Å². The largest absolute Gasteiger partial charge is 0.472 e. The predicted molar refractivity (Wildman–Crippen MR) is 118 cm³/mol. The molecule has 1 fully saturated rings. The Balaban J connectivity index is 1.39. The highest BCUT2D eigenvalue weighted by molar-refractivity contribution is 6.11. The second-order valence-electron chi connectivity index (χ2n) is 9.06. The number of amidine groups is 1. The van der Waals surface area contributed by atoms with E-state index in [9.17, 15) is 13.9 Å². The van der Waals surface area contributed by atoms with Crippen LogP contribution in [0, 0.1) is 0 Å². The topological polar surface area (TPSA) is 76.8 Å². The van der Waals surface area contributed by atoms with Crippen LogP contribution in [-0.4, -0.2) is 40.2 Å². The van der Waals surface area contributed by atoms with Crippen molar-refractivity contribution in [1.29, 1.82) is 0 Å². The summed E-state index contributed by atoms with van der Waals surface area (Å²) >= 11 is 0. The van der Waals surface area contributed by atoms with Gasteiger partial charge in [0, 0.05) is 23.5 Å². The van der Waals surface area contributed by atoms with Gasteiger partial charge in [-0.05, 0) is 43.7 Å². The lowest BCUT2D eigenvalue weighted by atomic mass is 10.00. The van der Waals surface area contributed by atoms with Crippen molar-refractivity contribution in [3.63, 3.8) is 0 Å². The Morgan fingerprint density at radius 1 is 1.15 bits per heavy atom. The Labute approximate surface area is 188 Å². The number of quaternary nitrogens is 1. The van der Waals surface area contributed by atoms with Gasteiger partial charge >= 0.3 is 6.61 Å². The highest BCUT2D eigenvalue weighted by Gasteiger charge is 2.63. The molecule has 3 aliphatic heterocycles. The molecule has 0 aliphatic carbocycles. The Morgan fingerprint density at radius 3 is 2.67 bits per heavy atom. The number of nitrogens with zero attached hydrogens (tertiary/aromatic N) is 4. The number of hydrogen-bond acceptors (Lipinski definition) is 6. The number of hydrogen-bond donors (Lipinski definition) is 1. The highest BCUT2D eigenvalue weighted by atomic mass is 19.3. The van der Waals surface area contributed by atoms with Crippen molar-refractivity contribution < 1.29 is 23.4 Å². The summed E-state index contributed by atoms with van der Waals surface area (Å²) in [6.07, 6.45) is 3.15. The van der Waals surface area contributed by atoms with E-state index in [-0.39, 0.29) is 11.9 Å². The molecule has 9 heteroatoms. The molecule has 0 saturated carbocycles. The number of aromatic nitrogens is 2. The third kappa shape index (κ3) is 3.03. The summed E-state index contributed by atoms with van der Waals surface area (Å²) in [6.45, 7) is 1.47. The molecular formula is C24H21F2N4O3+. The minimum absolute atomic E-state index is 0.148. The number of aliphatic hydroxyl groups is 1. The molecule has 3 aliphatic rings. The van der Waals surface area contributed by atoms with Gasteiger partial charge in [0.1, 0.15) is 30.1 Å². The first kappa shape index (κ1) is 20.2. The number of aliphatic imine (C=N–C) groups is 1. The maximum Gasteiger partial charge on any atom is 0.387 e. The van der Waals surface area contributed by atoms with Crippen LogP contribution in [0.4, 0.5) is 20.2 Å². The molecule has 33 heavy (non-hydrogen) atoms. The van der Waals surface area contributed by atoms with Crippen LogP contribution in [0.3, 0.4) is 0 Å². The zero-order valence-corrected chi connectivity index (χ0v) is 18.0. The van der Waals surface area contributed by atoms with Gasteiger partial charge in [-0.3, -0.25) is 0 Å². The van der Waals surface area contributed by atoms with Gasteiger partial charge in [0.05, 0.1) is 0 Å². The average molecular weight is 451 g/mol. The van der Waals surface area contributed by atoms with E-state index in [4.69, 9.17) is 14.5 Å². The fraction of sp³-hybridized carbons (Fsp3) is 0.292. The van der Waals surface area contributed by atoms with E-state index < -0.39 is 12.2 Å².